The van der Waals surface area contributed by atoms with E-state index in [-0.39, 0.29) is 59.7 Å². The second-order valence-electron chi connectivity index (χ2n) is 24.9. The molecule has 0 saturated carbocycles. The van der Waals surface area contributed by atoms with Gasteiger partial charge in [0.05, 0.1) is 81.9 Å². The Morgan fingerprint density at radius 3 is 1.38 bits per heavy atom. The van der Waals surface area contributed by atoms with Crippen LogP contribution in [-0.4, -0.2) is 137 Å². The molecule has 16 rings (SSSR count). The number of fused-ring (bicyclic) bond motifs is 9. The van der Waals surface area contributed by atoms with Gasteiger partial charge in [0.2, 0.25) is 0 Å². The van der Waals surface area contributed by atoms with Crippen molar-refractivity contribution in [2.75, 3.05) is 13.7 Å². The molecule has 0 radical (unpaired) electrons. The minimum Gasteiger partial charge on any atom is -0.493 e. The maximum absolute atomic E-state index is 14.1. The molecule has 3 amide bonds. The van der Waals surface area contributed by atoms with Gasteiger partial charge in [0.15, 0.2) is 28.7 Å². The number of carbonyl (C=O) groups excluding carboxylic acids is 3. The number of amides is 3. The van der Waals surface area contributed by atoms with E-state index in [9.17, 15) is 18.8 Å². The van der Waals surface area contributed by atoms with E-state index in [1.54, 1.807) is 24.5 Å². The van der Waals surface area contributed by atoms with Gasteiger partial charge >= 0.3 is 0 Å². The number of para-hydroxylation sites is 7. The first-order chi connectivity index (χ1) is 44.5. The molecule has 0 aliphatic carbocycles. The van der Waals surface area contributed by atoms with E-state index in [2.05, 4.69) is 44.9 Å². The Balaban J connectivity index is 0.000000119. The highest BCUT2D eigenvalue weighted by atomic mass is 19.1. The number of hydrogen-bond donors (Lipinski definition) is 0. The van der Waals surface area contributed by atoms with Crippen molar-refractivity contribution in [3.8, 4) is 17.2 Å². The fourth-order valence-corrected chi connectivity index (χ4v) is 15.5. The molecule has 19 nitrogen and oxygen atoms in total. The Hall–Kier alpha value is -9.72. The van der Waals surface area contributed by atoms with Gasteiger partial charge in [-0.15, -0.1) is 4.80 Å². The molecule has 9 unspecified atom stereocenters. The molecule has 4 aromatic carbocycles. The van der Waals surface area contributed by atoms with Gasteiger partial charge in [-0.05, 0) is 188 Å². The summed E-state index contributed by atoms with van der Waals surface area (Å²) in [5.41, 5.74) is 11.8. The Morgan fingerprint density at radius 1 is 0.495 bits per heavy atom. The highest BCUT2D eigenvalue weighted by Gasteiger charge is 2.52. The molecular weight excluding hydrogens is 1150 g/mol. The number of carbonyl (C=O) groups is 3. The Bertz CT molecular complexity index is 4360. The summed E-state index contributed by atoms with van der Waals surface area (Å²) in [6.45, 7) is 6.25. The van der Waals surface area contributed by atoms with E-state index in [0.717, 1.165) is 139 Å². The highest BCUT2D eigenvalue weighted by Crippen LogP contribution is 2.47. The van der Waals surface area contributed by atoms with Crippen LogP contribution in [0.25, 0.3) is 38.8 Å². The standard InChI is InChI=1S/C24H23N7O.C24H26N4O2.C23H22FN3O2/c1-15-6-8-22(31-26-10-11-27-31)23(28-15)24(32)30-18-7-9-21(30)16(13-18)12-17-14-25-19-4-2-3-5-20(19)29-17;1-3-30-22-11-8-15(2)26-23(22)24(29)28-18-9-10-21(28)16(13-18)12-17-14-25-19-6-4-5-7-20(19)27-17;1-29-22-17(5-4-6-18(22)24)23(28)27-16-9-10-21(27)14(12-16)11-15-13-25-19-7-2-3-8-20(19)26-15/h2-6,8,10-11,14,16,18,21H,7,9,12-13H2,1H3;4-8,11,14,16,18,21H,3,9-10,12-13H2,1-2H3;2-8,13-14,16,21H,9-12H2,1H3. The lowest BCUT2D eigenvalue weighted by Crippen LogP contribution is -2.38. The SMILES string of the molecule is CCOc1ccc(C)nc1C(=O)N1C2CCC1C(Cc1cnc3ccccc3n1)C2.COc1c(F)cccc1C(=O)N1C2CCC1C(Cc1cnc3ccccc3n1)C2.Cc1ccc(-n2nccn2)c(C(=O)N2C3CCC2C(Cc2cnc4ccccc4n2)C3)n1. The third kappa shape index (κ3) is 11.7. The predicted molar refractivity (Wildman–Crippen MR) is 340 cm³/mol. The van der Waals surface area contributed by atoms with E-state index in [0.29, 0.717) is 52.7 Å². The minimum atomic E-state index is -0.507. The molecule has 9 atom stereocenters. The van der Waals surface area contributed by atoms with Crippen LogP contribution in [0.3, 0.4) is 0 Å². The van der Waals surface area contributed by atoms with E-state index < -0.39 is 5.82 Å². The van der Waals surface area contributed by atoms with E-state index in [4.69, 9.17) is 24.4 Å². The highest BCUT2D eigenvalue weighted by molar-refractivity contribution is 5.98. The van der Waals surface area contributed by atoms with Crippen LogP contribution in [-0.2, 0) is 19.3 Å². The van der Waals surface area contributed by atoms with Gasteiger partial charge in [-0.25, -0.2) is 29.3 Å². The third-order valence-corrected chi connectivity index (χ3v) is 19.4. The summed E-state index contributed by atoms with van der Waals surface area (Å²) in [4.78, 5) is 85.2. The average Bonchev–Trinajstić information content (AvgIpc) is 1.68. The van der Waals surface area contributed by atoms with Gasteiger partial charge in [-0.1, -0.05) is 42.5 Å². The second-order valence-corrected chi connectivity index (χ2v) is 24.9. The Kier molecular flexibility index (Phi) is 16.4. The molecule has 91 heavy (non-hydrogen) atoms. The van der Waals surface area contributed by atoms with Crippen LogP contribution in [0.5, 0.6) is 11.5 Å². The zero-order valence-electron chi connectivity index (χ0n) is 51.4. The first kappa shape index (κ1) is 58.9. The van der Waals surface area contributed by atoms with Crippen LogP contribution >= 0.6 is 0 Å². The molecule has 6 aliphatic rings. The van der Waals surface area contributed by atoms with Crippen molar-refractivity contribution >= 4 is 50.8 Å². The van der Waals surface area contributed by atoms with E-state index >= 15 is 0 Å². The summed E-state index contributed by atoms with van der Waals surface area (Å²) < 4.78 is 25.0. The first-order valence-electron chi connectivity index (χ1n) is 31.8. The molecular formula is C71H71FN14O5. The lowest BCUT2D eigenvalue weighted by molar-refractivity contribution is 0.0701. The summed E-state index contributed by atoms with van der Waals surface area (Å²) in [6.07, 6.45) is 20.4. The normalized spacial score (nSPS) is 22.5. The van der Waals surface area contributed by atoms with Crippen LogP contribution in [0, 0.1) is 37.4 Å². The van der Waals surface area contributed by atoms with E-state index in [1.165, 1.54) is 18.0 Å². The van der Waals surface area contributed by atoms with Gasteiger partial charge in [0, 0.05) is 66.2 Å². The summed E-state index contributed by atoms with van der Waals surface area (Å²) in [5.74, 6) is 1.06. The van der Waals surface area contributed by atoms with Crippen molar-refractivity contribution in [2.45, 2.75) is 134 Å². The molecule has 6 fully saturated rings. The molecule has 0 spiro atoms. The number of ether oxygens (including phenoxy) is 2. The van der Waals surface area contributed by atoms with E-state index in [1.807, 2.05) is 141 Å². The van der Waals surface area contributed by atoms with Crippen LogP contribution < -0.4 is 9.47 Å². The maximum atomic E-state index is 14.1. The number of methoxy groups -OCH3 is 1. The number of hydrogen-bond acceptors (Lipinski definition) is 15. The summed E-state index contributed by atoms with van der Waals surface area (Å²) in [6, 6.07) is 37.0. The first-order valence-corrected chi connectivity index (χ1v) is 31.8. The summed E-state index contributed by atoms with van der Waals surface area (Å²) >= 11 is 0. The Labute approximate surface area is 526 Å². The van der Waals surface area contributed by atoms with Gasteiger partial charge in [0.25, 0.3) is 17.7 Å². The molecule has 6 aliphatic heterocycles. The van der Waals surface area contributed by atoms with Crippen LogP contribution in [0.1, 0.15) is 125 Å². The quantitative estimate of drug-likeness (QED) is 0.105. The minimum absolute atomic E-state index is 0.00162. The fraction of sp³-hybridized carbons (Fsp3) is 0.366. The van der Waals surface area contributed by atoms with Crippen LogP contribution in [0.4, 0.5) is 4.39 Å². The van der Waals surface area contributed by atoms with Crippen LogP contribution in [0.15, 0.2) is 146 Å². The largest absolute Gasteiger partial charge is 0.493 e. The summed E-state index contributed by atoms with van der Waals surface area (Å²) in [5, 5.41) is 8.43. The maximum Gasteiger partial charge on any atom is 0.276 e. The van der Waals surface area contributed by atoms with Crippen molar-refractivity contribution in [1.82, 2.24) is 69.6 Å². The number of aromatic nitrogens is 11. The number of pyridine rings is 2. The topological polar surface area (TPSA) is 213 Å². The second kappa shape index (κ2) is 25.3. The molecule has 20 heteroatoms. The zero-order chi connectivity index (χ0) is 62.3. The smallest absolute Gasteiger partial charge is 0.276 e. The third-order valence-electron chi connectivity index (χ3n) is 19.4. The van der Waals surface area contributed by atoms with Crippen molar-refractivity contribution in [3.63, 3.8) is 0 Å². The van der Waals surface area contributed by atoms with Crippen molar-refractivity contribution in [1.29, 1.82) is 0 Å². The van der Waals surface area contributed by atoms with Gasteiger partial charge in [-0.3, -0.25) is 29.3 Å². The molecule has 462 valence electrons. The lowest BCUT2D eigenvalue weighted by Gasteiger charge is -2.25. The lowest BCUT2D eigenvalue weighted by atomic mass is 9.86. The number of nitrogens with zero attached hydrogens (tertiary/aromatic N) is 14. The number of rotatable bonds is 13. The van der Waals surface area contributed by atoms with Gasteiger partial charge < -0.3 is 24.2 Å². The van der Waals surface area contributed by atoms with Crippen molar-refractivity contribution < 1.29 is 28.2 Å². The zero-order valence-corrected chi connectivity index (χ0v) is 51.4. The predicted octanol–water partition coefficient (Wildman–Crippen LogP) is 11.1. The van der Waals surface area contributed by atoms with Crippen LogP contribution in [0.2, 0.25) is 0 Å². The fourth-order valence-electron chi connectivity index (χ4n) is 15.5. The number of benzene rings is 4. The monoisotopic (exact) mass is 1220 g/mol. The molecule has 12 heterocycles. The Morgan fingerprint density at radius 2 is 0.923 bits per heavy atom. The molecule has 6 saturated heterocycles. The average molecular weight is 1220 g/mol. The summed E-state index contributed by atoms with van der Waals surface area (Å²) in [7, 11) is 1.40. The van der Waals surface area contributed by atoms with Gasteiger partial charge in [0.1, 0.15) is 5.69 Å². The van der Waals surface area contributed by atoms with Crippen molar-refractivity contribution in [2.24, 2.45) is 17.8 Å². The van der Waals surface area contributed by atoms with Gasteiger partial charge in [-0.2, -0.15) is 10.2 Å². The molecule has 6 aromatic heterocycles. The van der Waals surface area contributed by atoms with Crippen molar-refractivity contribution in [3.05, 3.63) is 197 Å². The number of aryl methyl sites for hydroxylation is 2. The molecule has 6 bridgehead atoms. The number of halogens is 1. The molecule has 10 aromatic rings. The molecule has 0 N–H and O–H groups in total.